The van der Waals surface area contributed by atoms with Crippen molar-refractivity contribution in [1.82, 2.24) is 9.55 Å². The van der Waals surface area contributed by atoms with Crippen LogP contribution in [0, 0.1) is 6.92 Å². The Labute approximate surface area is 100 Å². The number of nitrogens with zero attached hydrogens (tertiary/aromatic N) is 2. The van der Waals surface area contributed by atoms with Crippen molar-refractivity contribution in [1.29, 1.82) is 0 Å². The SMILES string of the molecule is CCn1c([C@@H](C)N)nc2cc(C)c(Cl)cc21. The lowest BCUT2D eigenvalue weighted by molar-refractivity contribution is 0.650. The van der Waals surface area contributed by atoms with E-state index in [2.05, 4.69) is 16.5 Å². The summed E-state index contributed by atoms with van der Waals surface area (Å²) in [6.45, 7) is 6.87. The van der Waals surface area contributed by atoms with Gasteiger partial charge in [0.1, 0.15) is 5.82 Å². The summed E-state index contributed by atoms with van der Waals surface area (Å²) in [5.74, 6) is 0.916. The third kappa shape index (κ3) is 1.70. The Balaban J connectivity index is 2.77. The highest BCUT2D eigenvalue weighted by Crippen LogP contribution is 2.25. The molecule has 0 radical (unpaired) electrons. The van der Waals surface area contributed by atoms with Crippen LogP contribution >= 0.6 is 11.6 Å². The highest BCUT2D eigenvalue weighted by Gasteiger charge is 2.13. The molecule has 0 bridgehead atoms. The number of aryl methyl sites for hydroxylation is 2. The lowest BCUT2D eigenvalue weighted by Gasteiger charge is -2.08. The molecular weight excluding hydrogens is 222 g/mol. The first kappa shape index (κ1) is 11.4. The van der Waals surface area contributed by atoms with E-state index in [0.717, 1.165) is 34.0 Å². The molecule has 0 aliphatic rings. The summed E-state index contributed by atoms with van der Waals surface area (Å²) in [4.78, 5) is 4.56. The maximum atomic E-state index is 6.13. The van der Waals surface area contributed by atoms with Gasteiger partial charge < -0.3 is 10.3 Å². The molecule has 86 valence electrons. The third-order valence-corrected chi connectivity index (χ3v) is 3.19. The fraction of sp³-hybridized carbons (Fsp3) is 0.417. The Morgan fingerprint density at radius 2 is 2.19 bits per heavy atom. The van der Waals surface area contributed by atoms with E-state index < -0.39 is 0 Å². The molecule has 2 rings (SSSR count). The van der Waals surface area contributed by atoms with E-state index in [1.54, 1.807) is 0 Å². The van der Waals surface area contributed by atoms with E-state index >= 15 is 0 Å². The van der Waals surface area contributed by atoms with Crippen molar-refractivity contribution in [2.24, 2.45) is 5.73 Å². The van der Waals surface area contributed by atoms with Gasteiger partial charge in [-0.1, -0.05) is 11.6 Å². The normalized spacial score (nSPS) is 13.3. The molecule has 1 aromatic heterocycles. The third-order valence-electron chi connectivity index (χ3n) is 2.78. The molecule has 0 saturated heterocycles. The zero-order chi connectivity index (χ0) is 11.9. The van der Waals surface area contributed by atoms with Crippen LogP contribution < -0.4 is 5.73 Å². The molecule has 0 aliphatic heterocycles. The quantitative estimate of drug-likeness (QED) is 0.873. The second kappa shape index (κ2) is 4.07. The van der Waals surface area contributed by atoms with Gasteiger partial charge in [-0.15, -0.1) is 0 Å². The Hall–Kier alpha value is -1.06. The summed E-state index contributed by atoms with van der Waals surface area (Å²) in [6.07, 6.45) is 0. The highest BCUT2D eigenvalue weighted by molar-refractivity contribution is 6.32. The van der Waals surface area contributed by atoms with Gasteiger partial charge in [0.25, 0.3) is 0 Å². The minimum atomic E-state index is -0.0635. The van der Waals surface area contributed by atoms with E-state index in [4.69, 9.17) is 17.3 Å². The molecule has 1 atom stereocenters. The van der Waals surface area contributed by atoms with Gasteiger partial charge in [0.2, 0.25) is 0 Å². The molecule has 0 saturated carbocycles. The lowest BCUT2D eigenvalue weighted by Crippen LogP contribution is -2.12. The number of halogens is 1. The minimum Gasteiger partial charge on any atom is -0.327 e. The van der Waals surface area contributed by atoms with Crippen LogP contribution in [0.15, 0.2) is 12.1 Å². The van der Waals surface area contributed by atoms with Crippen LogP contribution in [-0.4, -0.2) is 9.55 Å². The van der Waals surface area contributed by atoms with Crippen molar-refractivity contribution in [3.63, 3.8) is 0 Å². The summed E-state index contributed by atoms with van der Waals surface area (Å²) < 4.78 is 2.12. The van der Waals surface area contributed by atoms with Crippen LogP contribution in [-0.2, 0) is 6.54 Å². The van der Waals surface area contributed by atoms with Gasteiger partial charge in [-0.3, -0.25) is 0 Å². The molecule has 1 heterocycles. The summed E-state index contributed by atoms with van der Waals surface area (Å²) in [6, 6.07) is 3.91. The molecule has 0 fully saturated rings. The van der Waals surface area contributed by atoms with Crippen molar-refractivity contribution in [2.45, 2.75) is 33.4 Å². The number of benzene rings is 1. The summed E-state index contributed by atoms with van der Waals surface area (Å²) in [5, 5.41) is 0.776. The number of rotatable bonds is 2. The average molecular weight is 238 g/mol. The number of nitrogens with two attached hydrogens (primary N) is 1. The van der Waals surface area contributed by atoms with Gasteiger partial charge in [-0.05, 0) is 38.5 Å². The molecular formula is C12H16ClN3. The van der Waals surface area contributed by atoms with Crippen LogP contribution in [0.3, 0.4) is 0 Å². The number of aromatic nitrogens is 2. The molecule has 0 unspecified atom stereocenters. The Morgan fingerprint density at radius 3 is 2.75 bits per heavy atom. The Bertz CT molecular complexity index is 529. The largest absolute Gasteiger partial charge is 0.327 e. The van der Waals surface area contributed by atoms with E-state index in [-0.39, 0.29) is 6.04 Å². The topological polar surface area (TPSA) is 43.8 Å². The van der Waals surface area contributed by atoms with Crippen molar-refractivity contribution in [3.8, 4) is 0 Å². The molecule has 0 amide bonds. The predicted molar refractivity (Wildman–Crippen MR) is 67.8 cm³/mol. The average Bonchev–Trinajstić information content (AvgIpc) is 2.57. The second-order valence-corrected chi connectivity index (χ2v) is 4.50. The van der Waals surface area contributed by atoms with E-state index in [1.165, 1.54) is 0 Å². The Morgan fingerprint density at radius 1 is 1.50 bits per heavy atom. The van der Waals surface area contributed by atoms with E-state index in [1.807, 2.05) is 26.0 Å². The molecule has 3 nitrogen and oxygen atoms in total. The van der Waals surface area contributed by atoms with Gasteiger partial charge in [-0.25, -0.2) is 4.98 Å². The smallest absolute Gasteiger partial charge is 0.126 e. The van der Waals surface area contributed by atoms with Crippen LogP contribution in [0.5, 0.6) is 0 Å². The summed E-state index contributed by atoms with van der Waals surface area (Å²) in [5.41, 5.74) is 8.99. The lowest BCUT2D eigenvalue weighted by atomic mass is 10.2. The van der Waals surface area contributed by atoms with Gasteiger partial charge in [0.15, 0.2) is 0 Å². The fourth-order valence-electron chi connectivity index (χ4n) is 1.95. The maximum absolute atomic E-state index is 6.13. The molecule has 0 spiro atoms. The number of fused-ring (bicyclic) bond motifs is 1. The van der Waals surface area contributed by atoms with Crippen LogP contribution in [0.4, 0.5) is 0 Å². The van der Waals surface area contributed by atoms with Crippen molar-refractivity contribution in [3.05, 3.63) is 28.5 Å². The first-order valence-corrected chi connectivity index (χ1v) is 5.84. The molecule has 1 aromatic carbocycles. The molecule has 16 heavy (non-hydrogen) atoms. The van der Waals surface area contributed by atoms with E-state index in [9.17, 15) is 0 Å². The molecule has 2 N–H and O–H groups in total. The van der Waals surface area contributed by atoms with Gasteiger partial charge in [0.05, 0.1) is 17.1 Å². The van der Waals surface area contributed by atoms with Crippen LogP contribution in [0.2, 0.25) is 5.02 Å². The standard InChI is InChI=1S/C12H16ClN3/c1-4-16-11-6-9(13)7(2)5-10(11)15-12(16)8(3)14/h5-6,8H,4,14H2,1-3H3/t8-/m1/s1. The summed E-state index contributed by atoms with van der Waals surface area (Å²) >= 11 is 6.13. The number of hydrogen-bond donors (Lipinski definition) is 1. The predicted octanol–water partition coefficient (Wildman–Crippen LogP) is 3.04. The monoisotopic (exact) mass is 237 g/mol. The number of hydrogen-bond acceptors (Lipinski definition) is 2. The van der Waals surface area contributed by atoms with Crippen molar-refractivity contribution >= 4 is 22.6 Å². The zero-order valence-electron chi connectivity index (χ0n) is 9.79. The first-order chi connectivity index (χ1) is 7.54. The zero-order valence-corrected chi connectivity index (χ0v) is 10.5. The Kier molecular flexibility index (Phi) is 2.91. The minimum absolute atomic E-state index is 0.0635. The molecule has 2 aromatic rings. The fourth-order valence-corrected chi connectivity index (χ4v) is 2.11. The molecule has 0 aliphatic carbocycles. The van der Waals surface area contributed by atoms with Gasteiger partial charge >= 0.3 is 0 Å². The van der Waals surface area contributed by atoms with Gasteiger partial charge in [-0.2, -0.15) is 0 Å². The van der Waals surface area contributed by atoms with Gasteiger partial charge in [0, 0.05) is 11.6 Å². The molecule has 4 heteroatoms. The second-order valence-electron chi connectivity index (χ2n) is 4.09. The van der Waals surface area contributed by atoms with Crippen LogP contribution in [0.25, 0.3) is 11.0 Å². The number of imidazole rings is 1. The first-order valence-electron chi connectivity index (χ1n) is 5.46. The van der Waals surface area contributed by atoms with Crippen LogP contribution in [0.1, 0.15) is 31.3 Å². The van der Waals surface area contributed by atoms with Crippen molar-refractivity contribution < 1.29 is 0 Å². The van der Waals surface area contributed by atoms with E-state index in [0.29, 0.717) is 0 Å². The maximum Gasteiger partial charge on any atom is 0.126 e. The van der Waals surface area contributed by atoms with Crippen molar-refractivity contribution in [2.75, 3.05) is 0 Å². The summed E-state index contributed by atoms with van der Waals surface area (Å²) in [7, 11) is 0. The highest BCUT2D eigenvalue weighted by atomic mass is 35.5.